The van der Waals surface area contributed by atoms with E-state index in [0.717, 1.165) is 25.1 Å². The van der Waals surface area contributed by atoms with Gasteiger partial charge in [0.05, 0.1) is 13.3 Å². The van der Waals surface area contributed by atoms with Gasteiger partial charge in [0, 0.05) is 24.5 Å². The zero-order valence-corrected chi connectivity index (χ0v) is 10.6. The van der Waals surface area contributed by atoms with Crippen molar-refractivity contribution in [3.05, 3.63) is 29.7 Å². The number of aromatic amines is 1. The molecule has 0 aromatic carbocycles. The maximum Gasteiger partial charge on any atom is 0.225 e. The molecule has 0 spiro atoms. The lowest BCUT2D eigenvalue weighted by molar-refractivity contribution is 0.397. The molecule has 0 radical (unpaired) electrons. The minimum atomic E-state index is 0.568. The maximum absolute atomic E-state index is 5.03. The van der Waals surface area contributed by atoms with Crippen LogP contribution < -0.4 is 10.1 Å². The highest BCUT2D eigenvalue weighted by Crippen LogP contribution is 2.08. The van der Waals surface area contributed by atoms with Crippen molar-refractivity contribution in [1.29, 1.82) is 0 Å². The van der Waals surface area contributed by atoms with Crippen LogP contribution in [0.1, 0.15) is 17.7 Å². The quantitative estimate of drug-likeness (QED) is 0.758. The lowest BCUT2D eigenvalue weighted by Crippen LogP contribution is -2.06. The van der Waals surface area contributed by atoms with Gasteiger partial charge in [-0.2, -0.15) is 10.1 Å². The molecular weight excluding hydrogens is 230 g/mol. The van der Waals surface area contributed by atoms with E-state index in [-0.39, 0.29) is 0 Å². The zero-order valence-electron chi connectivity index (χ0n) is 10.6. The first kappa shape index (κ1) is 12.3. The summed E-state index contributed by atoms with van der Waals surface area (Å²) in [6, 6.07) is 1.72. The van der Waals surface area contributed by atoms with E-state index in [4.69, 9.17) is 4.74 Å². The van der Waals surface area contributed by atoms with Crippen molar-refractivity contribution >= 4 is 5.95 Å². The number of nitrogens with zero attached hydrogens (tertiary/aromatic N) is 3. The predicted octanol–water partition coefficient (Wildman–Crippen LogP) is 1.56. The Morgan fingerprint density at radius 3 is 3.06 bits per heavy atom. The Hall–Kier alpha value is -2.11. The second kappa shape index (κ2) is 6.00. The van der Waals surface area contributed by atoms with E-state index in [0.29, 0.717) is 11.8 Å². The van der Waals surface area contributed by atoms with Gasteiger partial charge in [-0.15, -0.1) is 0 Å². The second-order valence-electron chi connectivity index (χ2n) is 3.97. The molecule has 6 heteroatoms. The number of hydrogen-bond acceptors (Lipinski definition) is 5. The highest BCUT2D eigenvalue weighted by atomic mass is 16.5. The standard InChI is InChI=1S/C12H17N5O/c1-9-10(8-15-17-9)4-3-6-13-12-14-7-5-11(16-12)18-2/h5,7-8H,3-4,6H2,1-2H3,(H,15,17)(H,13,14,16). The number of aromatic nitrogens is 4. The van der Waals surface area contributed by atoms with Gasteiger partial charge >= 0.3 is 0 Å². The third-order valence-corrected chi connectivity index (χ3v) is 2.68. The molecule has 0 unspecified atom stereocenters. The predicted molar refractivity (Wildman–Crippen MR) is 68.7 cm³/mol. The van der Waals surface area contributed by atoms with Gasteiger partial charge in [-0.25, -0.2) is 4.98 Å². The number of hydrogen-bond donors (Lipinski definition) is 2. The number of ether oxygens (including phenoxy) is 1. The molecule has 0 saturated carbocycles. The topological polar surface area (TPSA) is 75.7 Å². The highest BCUT2D eigenvalue weighted by Gasteiger charge is 2.01. The summed E-state index contributed by atoms with van der Waals surface area (Å²) in [6.45, 7) is 2.85. The highest BCUT2D eigenvalue weighted by molar-refractivity contribution is 5.27. The van der Waals surface area contributed by atoms with Crippen molar-refractivity contribution in [3.8, 4) is 5.88 Å². The molecule has 2 rings (SSSR count). The molecule has 0 fully saturated rings. The average molecular weight is 247 g/mol. The Bertz CT molecular complexity index is 497. The van der Waals surface area contributed by atoms with Crippen molar-refractivity contribution < 1.29 is 4.74 Å². The lowest BCUT2D eigenvalue weighted by Gasteiger charge is -2.05. The van der Waals surface area contributed by atoms with E-state index >= 15 is 0 Å². The van der Waals surface area contributed by atoms with Crippen LogP contribution in [0.25, 0.3) is 0 Å². The molecule has 0 bridgehead atoms. The van der Waals surface area contributed by atoms with Crippen LogP contribution in [0.15, 0.2) is 18.5 Å². The maximum atomic E-state index is 5.03. The minimum Gasteiger partial charge on any atom is -0.481 e. The van der Waals surface area contributed by atoms with Crippen LogP contribution in [0.3, 0.4) is 0 Å². The van der Waals surface area contributed by atoms with E-state index in [1.807, 2.05) is 13.1 Å². The third kappa shape index (κ3) is 3.19. The third-order valence-electron chi connectivity index (χ3n) is 2.68. The monoisotopic (exact) mass is 247 g/mol. The van der Waals surface area contributed by atoms with Gasteiger partial charge in [0.15, 0.2) is 0 Å². The Kier molecular flexibility index (Phi) is 4.11. The summed E-state index contributed by atoms with van der Waals surface area (Å²) >= 11 is 0. The Labute approximate surface area is 106 Å². The van der Waals surface area contributed by atoms with E-state index in [1.54, 1.807) is 19.4 Å². The van der Waals surface area contributed by atoms with Crippen LogP contribution in [0.2, 0.25) is 0 Å². The zero-order chi connectivity index (χ0) is 12.8. The second-order valence-corrected chi connectivity index (χ2v) is 3.97. The fraction of sp³-hybridized carbons (Fsp3) is 0.417. The van der Waals surface area contributed by atoms with Gasteiger partial charge in [-0.05, 0) is 25.3 Å². The molecule has 0 aliphatic heterocycles. The molecule has 2 aromatic heterocycles. The van der Waals surface area contributed by atoms with E-state index < -0.39 is 0 Å². The summed E-state index contributed by atoms with van der Waals surface area (Å²) in [4.78, 5) is 8.30. The molecule has 2 N–H and O–H groups in total. The number of rotatable bonds is 6. The number of aryl methyl sites for hydroxylation is 2. The molecule has 96 valence electrons. The molecule has 6 nitrogen and oxygen atoms in total. The van der Waals surface area contributed by atoms with Gasteiger partial charge in [0.1, 0.15) is 0 Å². The molecule has 0 atom stereocenters. The van der Waals surface area contributed by atoms with Crippen LogP contribution >= 0.6 is 0 Å². The summed E-state index contributed by atoms with van der Waals surface area (Å²) in [5.41, 5.74) is 2.39. The van der Waals surface area contributed by atoms with Crippen molar-refractivity contribution in [2.75, 3.05) is 19.0 Å². The lowest BCUT2D eigenvalue weighted by atomic mass is 10.1. The van der Waals surface area contributed by atoms with Gasteiger partial charge < -0.3 is 10.1 Å². The van der Waals surface area contributed by atoms with E-state index in [1.165, 1.54) is 5.56 Å². The van der Waals surface area contributed by atoms with Crippen molar-refractivity contribution in [3.63, 3.8) is 0 Å². The van der Waals surface area contributed by atoms with Crippen LogP contribution in [-0.2, 0) is 6.42 Å². The number of H-pyrrole nitrogens is 1. The van der Waals surface area contributed by atoms with E-state index in [9.17, 15) is 0 Å². The van der Waals surface area contributed by atoms with Crippen LogP contribution in [0, 0.1) is 6.92 Å². The first-order valence-electron chi connectivity index (χ1n) is 5.89. The smallest absolute Gasteiger partial charge is 0.225 e. The summed E-state index contributed by atoms with van der Waals surface area (Å²) in [5.74, 6) is 1.16. The van der Waals surface area contributed by atoms with Crippen LogP contribution in [-0.4, -0.2) is 33.8 Å². The van der Waals surface area contributed by atoms with Crippen LogP contribution in [0.4, 0.5) is 5.95 Å². The van der Waals surface area contributed by atoms with Gasteiger partial charge in [0.2, 0.25) is 11.8 Å². The summed E-state index contributed by atoms with van der Waals surface area (Å²) < 4.78 is 5.03. The largest absolute Gasteiger partial charge is 0.481 e. The summed E-state index contributed by atoms with van der Waals surface area (Å²) in [6.07, 6.45) is 5.53. The minimum absolute atomic E-state index is 0.568. The molecule has 2 aromatic rings. The van der Waals surface area contributed by atoms with Gasteiger partial charge in [-0.3, -0.25) is 5.10 Å². The first-order valence-corrected chi connectivity index (χ1v) is 5.89. The first-order chi connectivity index (χ1) is 8.79. The summed E-state index contributed by atoms with van der Waals surface area (Å²) in [7, 11) is 1.59. The molecule has 0 aliphatic carbocycles. The molecule has 0 amide bonds. The molecule has 0 saturated heterocycles. The van der Waals surface area contributed by atoms with Gasteiger partial charge in [-0.1, -0.05) is 0 Å². The van der Waals surface area contributed by atoms with Gasteiger partial charge in [0.25, 0.3) is 0 Å². The molecule has 2 heterocycles. The number of methoxy groups -OCH3 is 1. The fourth-order valence-electron chi connectivity index (χ4n) is 1.65. The molecule has 0 aliphatic rings. The van der Waals surface area contributed by atoms with Crippen LogP contribution in [0.5, 0.6) is 5.88 Å². The molecule has 18 heavy (non-hydrogen) atoms. The Morgan fingerprint density at radius 1 is 1.44 bits per heavy atom. The fourth-order valence-corrected chi connectivity index (χ4v) is 1.65. The number of nitrogens with one attached hydrogen (secondary N) is 2. The van der Waals surface area contributed by atoms with Crippen molar-refractivity contribution in [2.24, 2.45) is 0 Å². The van der Waals surface area contributed by atoms with E-state index in [2.05, 4.69) is 25.5 Å². The molecular formula is C12H17N5O. The van der Waals surface area contributed by atoms with Crippen molar-refractivity contribution in [2.45, 2.75) is 19.8 Å². The van der Waals surface area contributed by atoms with Crippen molar-refractivity contribution in [1.82, 2.24) is 20.2 Å². The Balaban J connectivity index is 1.76. The SMILES string of the molecule is COc1ccnc(NCCCc2cn[nH]c2C)n1. The normalized spacial score (nSPS) is 10.3. The Morgan fingerprint density at radius 2 is 2.33 bits per heavy atom. The average Bonchev–Trinajstić information content (AvgIpc) is 2.81. The number of anilines is 1. The summed E-state index contributed by atoms with van der Waals surface area (Å²) in [5, 5.41) is 10.1.